The molecule has 1 aliphatic rings. The molecule has 0 radical (unpaired) electrons. The Kier molecular flexibility index (Phi) is 4.99. The number of rotatable bonds is 4. The van der Waals surface area contributed by atoms with Crippen molar-refractivity contribution in [3.8, 4) is 17.1 Å². The number of benzene rings is 1. The first-order valence-electron chi connectivity index (χ1n) is 9.11. The second-order valence-electron chi connectivity index (χ2n) is 7.90. The molecule has 3 rings (SSSR count). The van der Waals surface area contributed by atoms with Crippen LogP contribution in [-0.4, -0.2) is 27.1 Å². The Bertz CT molecular complexity index is 780. The van der Waals surface area contributed by atoms with Gasteiger partial charge < -0.3 is 9.84 Å². The van der Waals surface area contributed by atoms with E-state index in [1.54, 1.807) is 13.8 Å². The minimum atomic E-state index is -0.994. The quantitative estimate of drug-likeness (QED) is 0.853. The normalized spacial score (nSPS) is 17.1. The number of carboxylic acids is 1. The van der Waals surface area contributed by atoms with E-state index in [2.05, 4.69) is 23.8 Å². The van der Waals surface area contributed by atoms with Crippen molar-refractivity contribution in [2.45, 2.75) is 59.5 Å². The van der Waals surface area contributed by atoms with Crippen molar-refractivity contribution in [3.05, 3.63) is 41.2 Å². The average molecular weight is 354 g/mol. The molecule has 1 fully saturated rings. The number of nitrogens with zero attached hydrogens (tertiary/aromatic N) is 2. The molecule has 1 heterocycles. The van der Waals surface area contributed by atoms with E-state index in [4.69, 9.17) is 4.74 Å². The van der Waals surface area contributed by atoms with Crippen molar-refractivity contribution in [3.63, 3.8) is 0 Å². The van der Waals surface area contributed by atoms with Crippen LogP contribution in [0, 0.1) is 19.3 Å². The minimum Gasteiger partial charge on any atom is -0.490 e. The van der Waals surface area contributed by atoms with E-state index in [1.807, 2.05) is 24.3 Å². The van der Waals surface area contributed by atoms with Crippen molar-refractivity contribution in [2.24, 2.45) is 5.41 Å². The molecule has 0 bridgehead atoms. The summed E-state index contributed by atoms with van der Waals surface area (Å²) in [7, 11) is 0. The fourth-order valence-corrected chi connectivity index (χ4v) is 3.52. The summed E-state index contributed by atoms with van der Waals surface area (Å²) in [5.41, 5.74) is 2.41. The van der Waals surface area contributed by atoms with Gasteiger partial charge in [0.2, 0.25) is 0 Å². The summed E-state index contributed by atoms with van der Waals surface area (Å²) in [6.07, 6.45) is 4.85. The second-order valence-corrected chi connectivity index (χ2v) is 7.90. The summed E-state index contributed by atoms with van der Waals surface area (Å²) in [6, 6.07) is 7.73. The lowest BCUT2D eigenvalue weighted by atomic mass is 9.76. The molecule has 2 aromatic rings. The van der Waals surface area contributed by atoms with Crippen LogP contribution in [0.25, 0.3) is 11.4 Å². The molecule has 1 N–H and O–H groups in total. The van der Waals surface area contributed by atoms with Crippen molar-refractivity contribution in [1.29, 1.82) is 0 Å². The summed E-state index contributed by atoms with van der Waals surface area (Å²) < 4.78 is 6.12. The van der Waals surface area contributed by atoms with Gasteiger partial charge in [0.25, 0.3) is 0 Å². The van der Waals surface area contributed by atoms with E-state index in [1.165, 1.54) is 12.8 Å². The fourth-order valence-electron chi connectivity index (χ4n) is 3.52. The molecule has 0 saturated heterocycles. The summed E-state index contributed by atoms with van der Waals surface area (Å²) in [5.74, 6) is 0.399. The van der Waals surface area contributed by atoms with E-state index in [-0.39, 0.29) is 11.7 Å². The Balaban J connectivity index is 1.73. The summed E-state index contributed by atoms with van der Waals surface area (Å²) >= 11 is 0. The maximum absolute atomic E-state index is 11.3. The lowest BCUT2D eigenvalue weighted by Crippen LogP contribution is -2.28. The smallest absolute Gasteiger partial charge is 0.339 e. The largest absolute Gasteiger partial charge is 0.490 e. The molecule has 5 heteroatoms. The Labute approximate surface area is 154 Å². The SMILES string of the molecule is Cc1nc(-c2ccc(OC3CCC(C)(C)CC3)cc2)nc(C)c1C(=O)O. The van der Waals surface area contributed by atoms with Crippen LogP contribution >= 0.6 is 0 Å². The van der Waals surface area contributed by atoms with E-state index < -0.39 is 5.97 Å². The van der Waals surface area contributed by atoms with Gasteiger partial charge in [-0.3, -0.25) is 0 Å². The third-order valence-corrected chi connectivity index (χ3v) is 5.19. The highest BCUT2D eigenvalue weighted by molar-refractivity contribution is 5.90. The molecule has 1 saturated carbocycles. The van der Waals surface area contributed by atoms with Crippen molar-refractivity contribution < 1.29 is 14.6 Å². The maximum atomic E-state index is 11.3. The van der Waals surface area contributed by atoms with Gasteiger partial charge in [-0.05, 0) is 69.2 Å². The van der Waals surface area contributed by atoms with Crippen LogP contribution < -0.4 is 4.74 Å². The summed E-state index contributed by atoms with van der Waals surface area (Å²) in [4.78, 5) is 20.0. The Morgan fingerprint density at radius 1 is 1.08 bits per heavy atom. The van der Waals surface area contributed by atoms with Gasteiger partial charge in [0.15, 0.2) is 5.82 Å². The highest BCUT2D eigenvalue weighted by Crippen LogP contribution is 2.36. The molecule has 138 valence electrons. The molecule has 1 aromatic carbocycles. The molecule has 0 aliphatic heterocycles. The van der Waals surface area contributed by atoms with Crippen LogP contribution in [-0.2, 0) is 0 Å². The minimum absolute atomic E-state index is 0.175. The zero-order chi connectivity index (χ0) is 18.9. The van der Waals surface area contributed by atoms with Gasteiger partial charge >= 0.3 is 5.97 Å². The first kappa shape index (κ1) is 18.4. The van der Waals surface area contributed by atoms with Crippen molar-refractivity contribution in [2.75, 3.05) is 0 Å². The molecule has 0 unspecified atom stereocenters. The van der Waals surface area contributed by atoms with E-state index >= 15 is 0 Å². The van der Waals surface area contributed by atoms with Gasteiger partial charge in [-0.2, -0.15) is 0 Å². The monoisotopic (exact) mass is 354 g/mol. The molecule has 1 aromatic heterocycles. The Morgan fingerprint density at radius 3 is 2.12 bits per heavy atom. The highest BCUT2D eigenvalue weighted by Gasteiger charge is 2.27. The molecule has 0 amide bonds. The van der Waals surface area contributed by atoms with Gasteiger partial charge in [-0.1, -0.05) is 13.8 Å². The van der Waals surface area contributed by atoms with Crippen LogP contribution in [0.1, 0.15) is 61.3 Å². The molecule has 0 spiro atoms. The van der Waals surface area contributed by atoms with Crippen LogP contribution in [0.4, 0.5) is 0 Å². The van der Waals surface area contributed by atoms with Gasteiger partial charge in [-0.25, -0.2) is 14.8 Å². The Hall–Kier alpha value is -2.43. The lowest BCUT2D eigenvalue weighted by Gasteiger charge is -2.34. The first-order chi connectivity index (χ1) is 12.2. The maximum Gasteiger partial charge on any atom is 0.339 e. The standard InChI is InChI=1S/C21H26N2O3/c1-13-18(20(24)25)14(2)23-19(22-13)15-5-7-16(8-6-15)26-17-9-11-21(3,4)12-10-17/h5-8,17H,9-12H2,1-4H3,(H,24,25). The Morgan fingerprint density at radius 2 is 1.62 bits per heavy atom. The third-order valence-electron chi connectivity index (χ3n) is 5.19. The number of hydrogen-bond donors (Lipinski definition) is 1. The van der Waals surface area contributed by atoms with Gasteiger partial charge in [-0.15, -0.1) is 0 Å². The van der Waals surface area contributed by atoms with Crippen LogP contribution in [0.3, 0.4) is 0 Å². The zero-order valence-electron chi connectivity index (χ0n) is 15.9. The van der Waals surface area contributed by atoms with Crippen molar-refractivity contribution in [1.82, 2.24) is 9.97 Å². The molecule has 1 aliphatic carbocycles. The number of aromatic nitrogens is 2. The van der Waals surface area contributed by atoms with Crippen molar-refractivity contribution >= 4 is 5.97 Å². The predicted octanol–water partition coefficient (Wildman–Crippen LogP) is 4.81. The predicted molar refractivity (Wildman–Crippen MR) is 101 cm³/mol. The van der Waals surface area contributed by atoms with E-state index in [9.17, 15) is 9.90 Å². The number of carbonyl (C=O) groups is 1. The van der Waals surface area contributed by atoms with Crippen LogP contribution in [0.15, 0.2) is 24.3 Å². The summed E-state index contributed by atoms with van der Waals surface area (Å²) in [6.45, 7) is 8.03. The third kappa shape index (κ3) is 4.03. The number of aromatic carboxylic acids is 1. The molecular weight excluding hydrogens is 328 g/mol. The lowest BCUT2D eigenvalue weighted by molar-refractivity contribution is 0.0694. The van der Waals surface area contributed by atoms with E-state index in [0.29, 0.717) is 22.6 Å². The fraction of sp³-hybridized carbons (Fsp3) is 0.476. The number of hydrogen-bond acceptors (Lipinski definition) is 4. The highest BCUT2D eigenvalue weighted by atomic mass is 16.5. The number of ether oxygens (including phenoxy) is 1. The van der Waals surface area contributed by atoms with Crippen LogP contribution in [0.5, 0.6) is 5.75 Å². The zero-order valence-corrected chi connectivity index (χ0v) is 15.9. The number of aryl methyl sites for hydroxylation is 2. The van der Waals surface area contributed by atoms with Gasteiger partial charge in [0.05, 0.1) is 17.5 Å². The topological polar surface area (TPSA) is 72.3 Å². The average Bonchev–Trinajstić information content (AvgIpc) is 2.56. The molecule has 26 heavy (non-hydrogen) atoms. The molecular formula is C21H26N2O3. The number of carboxylic acid groups (broad SMARTS) is 1. The molecule has 0 atom stereocenters. The second kappa shape index (κ2) is 7.06. The van der Waals surface area contributed by atoms with Gasteiger partial charge in [0, 0.05) is 5.56 Å². The summed E-state index contributed by atoms with van der Waals surface area (Å²) in [5, 5.41) is 9.24. The van der Waals surface area contributed by atoms with Crippen LogP contribution in [0.2, 0.25) is 0 Å². The first-order valence-corrected chi connectivity index (χ1v) is 9.11. The molecule has 5 nitrogen and oxygen atoms in total. The van der Waals surface area contributed by atoms with E-state index in [0.717, 1.165) is 24.2 Å². The van der Waals surface area contributed by atoms with Gasteiger partial charge in [0.1, 0.15) is 11.3 Å².